The van der Waals surface area contributed by atoms with Crippen molar-refractivity contribution in [1.82, 2.24) is 5.32 Å². The highest BCUT2D eigenvalue weighted by Gasteiger charge is 2.16. The average Bonchev–Trinajstić information content (AvgIpc) is 2.39. The first-order valence-corrected chi connectivity index (χ1v) is 7.47. The Hall–Kier alpha value is -1.71. The number of ether oxygens (including phenoxy) is 1. The minimum Gasteiger partial charge on any atom is -0.494 e. The van der Waals surface area contributed by atoms with Crippen LogP contribution in [0.5, 0.6) is 5.75 Å². The molecule has 2 rings (SSSR count). The Morgan fingerprint density at radius 3 is 2.75 bits per heavy atom. The second kappa shape index (κ2) is 7.78. The molecule has 0 saturated heterocycles. The summed E-state index contributed by atoms with van der Waals surface area (Å²) in [6.07, 6.45) is 4.87. The number of rotatable bonds is 7. The van der Waals surface area contributed by atoms with Gasteiger partial charge in [0.15, 0.2) is 5.96 Å². The number of hydrogen-bond donors (Lipinski definition) is 2. The van der Waals surface area contributed by atoms with E-state index in [0.29, 0.717) is 12.6 Å². The molecule has 0 bridgehead atoms. The molecule has 0 unspecified atom stereocenters. The monoisotopic (exact) mass is 275 g/mol. The molecule has 0 radical (unpaired) electrons. The van der Waals surface area contributed by atoms with Crippen molar-refractivity contribution >= 4 is 5.96 Å². The molecule has 1 aromatic rings. The summed E-state index contributed by atoms with van der Waals surface area (Å²) in [5, 5.41) is 3.13. The molecule has 1 saturated carbocycles. The van der Waals surface area contributed by atoms with Gasteiger partial charge in [0.05, 0.1) is 6.61 Å². The number of hydrogen-bond acceptors (Lipinski definition) is 2. The van der Waals surface area contributed by atoms with E-state index in [4.69, 9.17) is 10.5 Å². The second-order valence-electron chi connectivity index (χ2n) is 5.46. The molecule has 0 heterocycles. The van der Waals surface area contributed by atoms with Crippen molar-refractivity contribution in [3.63, 3.8) is 0 Å². The van der Waals surface area contributed by atoms with Gasteiger partial charge < -0.3 is 15.8 Å². The summed E-state index contributed by atoms with van der Waals surface area (Å²) in [5.41, 5.74) is 7.05. The quantitative estimate of drug-likeness (QED) is 0.456. The van der Waals surface area contributed by atoms with Crippen molar-refractivity contribution < 1.29 is 4.74 Å². The lowest BCUT2D eigenvalue weighted by Gasteiger charge is -2.23. The van der Waals surface area contributed by atoms with Gasteiger partial charge in [-0.05, 0) is 44.2 Å². The Bertz CT molecular complexity index is 424. The van der Waals surface area contributed by atoms with E-state index in [1.54, 1.807) is 0 Å². The number of benzene rings is 1. The third-order valence-corrected chi connectivity index (χ3v) is 3.66. The summed E-state index contributed by atoms with van der Waals surface area (Å²) in [4.78, 5) is 4.35. The molecule has 0 amide bonds. The van der Waals surface area contributed by atoms with E-state index in [-0.39, 0.29) is 0 Å². The van der Waals surface area contributed by atoms with Crippen molar-refractivity contribution in [3.8, 4) is 5.75 Å². The lowest BCUT2D eigenvalue weighted by atomic mass is 9.86. The normalized spacial score (nSPS) is 15.8. The summed E-state index contributed by atoms with van der Waals surface area (Å²) in [7, 11) is 0. The average molecular weight is 275 g/mol. The van der Waals surface area contributed by atoms with E-state index in [2.05, 4.69) is 29.4 Å². The van der Waals surface area contributed by atoms with Gasteiger partial charge in [0.2, 0.25) is 0 Å². The molecule has 20 heavy (non-hydrogen) atoms. The fourth-order valence-electron chi connectivity index (χ4n) is 2.07. The molecule has 1 fully saturated rings. The number of aryl methyl sites for hydroxylation is 1. The number of nitrogens with one attached hydrogen (secondary N) is 1. The molecule has 0 atom stereocenters. The van der Waals surface area contributed by atoms with Crippen LogP contribution >= 0.6 is 0 Å². The van der Waals surface area contributed by atoms with E-state index < -0.39 is 0 Å². The van der Waals surface area contributed by atoms with Crippen molar-refractivity contribution in [2.24, 2.45) is 16.6 Å². The van der Waals surface area contributed by atoms with Gasteiger partial charge in [-0.1, -0.05) is 24.1 Å². The molecular weight excluding hydrogens is 250 g/mol. The molecule has 1 aliphatic rings. The van der Waals surface area contributed by atoms with Gasteiger partial charge in [-0.25, -0.2) is 0 Å². The zero-order chi connectivity index (χ0) is 14.2. The minimum atomic E-state index is 0.562. The van der Waals surface area contributed by atoms with Crippen LogP contribution in [0.2, 0.25) is 0 Å². The maximum atomic E-state index is 5.81. The SMILES string of the molecule is Cc1ccc(OCCCNC(N)=NCC2CCC2)cc1. The zero-order valence-electron chi connectivity index (χ0n) is 12.3. The predicted molar refractivity (Wildman–Crippen MR) is 83.1 cm³/mol. The third-order valence-electron chi connectivity index (χ3n) is 3.66. The molecule has 0 aliphatic heterocycles. The Labute approximate surface area is 121 Å². The van der Waals surface area contributed by atoms with Crippen molar-refractivity contribution in [2.45, 2.75) is 32.6 Å². The summed E-state index contributed by atoms with van der Waals surface area (Å²) in [6, 6.07) is 8.10. The van der Waals surface area contributed by atoms with Crippen molar-refractivity contribution in [2.75, 3.05) is 19.7 Å². The Balaban J connectivity index is 1.53. The zero-order valence-corrected chi connectivity index (χ0v) is 12.3. The van der Waals surface area contributed by atoms with Gasteiger partial charge >= 0.3 is 0 Å². The first-order chi connectivity index (χ1) is 9.74. The van der Waals surface area contributed by atoms with Crippen LogP contribution in [0.25, 0.3) is 0 Å². The van der Waals surface area contributed by atoms with Crippen LogP contribution in [0.3, 0.4) is 0 Å². The maximum absolute atomic E-state index is 5.81. The highest BCUT2D eigenvalue weighted by Crippen LogP contribution is 2.26. The number of nitrogens with two attached hydrogens (primary N) is 1. The fraction of sp³-hybridized carbons (Fsp3) is 0.562. The molecule has 4 nitrogen and oxygen atoms in total. The van der Waals surface area contributed by atoms with Crippen LogP contribution in [-0.4, -0.2) is 25.7 Å². The largest absolute Gasteiger partial charge is 0.494 e. The lowest BCUT2D eigenvalue weighted by molar-refractivity contribution is 0.311. The fourth-order valence-corrected chi connectivity index (χ4v) is 2.07. The Morgan fingerprint density at radius 1 is 1.35 bits per heavy atom. The molecule has 4 heteroatoms. The van der Waals surface area contributed by atoms with Crippen molar-refractivity contribution in [1.29, 1.82) is 0 Å². The minimum absolute atomic E-state index is 0.562. The molecular formula is C16H25N3O. The highest BCUT2D eigenvalue weighted by molar-refractivity contribution is 5.77. The molecule has 0 aromatic heterocycles. The van der Waals surface area contributed by atoms with Gasteiger partial charge in [-0.3, -0.25) is 4.99 Å². The Morgan fingerprint density at radius 2 is 2.10 bits per heavy atom. The van der Waals surface area contributed by atoms with Crippen LogP contribution in [0.15, 0.2) is 29.3 Å². The van der Waals surface area contributed by atoms with E-state index in [0.717, 1.165) is 31.2 Å². The van der Waals surface area contributed by atoms with E-state index in [1.807, 2.05) is 12.1 Å². The van der Waals surface area contributed by atoms with Crippen LogP contribution < -0.4 is 15.8 Å². The van der Waals surface area contributed by atoms with Gasteiger partial charge in [-0.15, -0.1) is 0 Å². The lowest BCUT2D eigenvalue weighted by Crippen LogP contribution is -2.34. The molecule has 0 spiro atoms. The molecule has 1 aliphatic carbocycles. The third kappa shape index (κ3) is 5.11. The van der Waals surface area contributed by atoms with E-state index >= 15 is 0 Å². The second-order valence-corrected chi connectivity index (χ2v) is 5.46. The topological polar surface area (TPSA) is 59.6 Å². The predicted octanol–water partition coefficient (Wildman–Crippen LogP) is 2.47. The van der Waals surface area contributed by atoms with Gasteiger partial charge in [0.25, 0.3) is 0 Å². The van der Waals surface area contributed by atoms with Gasteiger partial charge in [-0.2, -0.15) is 0 Å². The molecule has 110 valence electrons. The highest BCUT2D eigenvalue weighted by atomic mass is 16.5. The summed E-state index contributed by atoms with van der Waals surface area (Å²) < 4.78 is 5.65. The standard InChI is InChI=1S/C16H25N3O/c1-13-6-8-15(9-7-13)20-11-3-10-18-16(17)19-12-14-4-2-5-14/h6-9,14H,2-5,10-12H2,1H3,(H3,17,18,19). The first kappa shape index (κ1) is 14.7. The van der Waals surface area contributed by atoms with Crippen LogP contribution in [0.1, 0.15) is 31.2 Å². The molecule has 1 aromatic carbocycles. The summed E-state index contributed by atoms with van der Waals surface area (Å²) in [5.74, 6) is 2.25. The first-order valence-electron chi connectivity index (χ1n) is 7.47. The number of aliphatic imine (C=N–C) groups is 1. The van der Waals surface area contributed by atoms with E-state index in [9.17, 15) is 0 Å². The van der Waals surface area contributed by atoms with Gasteiger partial charge in [0.1, 0.15) is 5.75 Å². The van der Waals surface area contributed by atoms with Crippen LogP contribution in [-0.2, 0) is 0 Å². The number of guanidine groups is 1. The van der Waals surface area contributed by atoms with Crippen LogP contribution in [0.4, 0.5) is 0 Å². The van der Waals surface area contributed by atoms with Crippen LogP contribution in [0, 0.1) is 12.8 Å². The number of nitrogens with zero attached hydrogens (tertiary/aromatic N) is 1. The summed E-state index contributed by atoms with van der Waals surface area (Å²) >= 11 is 0. The van der Waals surface area contributed by atoms with Gasteiger partial charge in [0, 0.05) is 13.1 Å². The van der Waals surface area contributed by atoms with Crippen molar-refractivity contribution in [3.05, 3.63) is 29.8 Å². The Kier molecular flexibility index (Phi) is 5.71. The molecule has 3 N–H and O–H groups in total. The van der Waals surface area contributed by atoms with E-state index in [1.165, 1.54) is 24.8 Å². The maximum Gasteiger partial charge on any atom is 0.188 e. The summed E-state index contributed by atoms with van der Waals surface area (Å²) in [6.45, 7) is 4.43. The smallest absolute Gasteiger partial charge is 0.188 e.